The van der Waals surface area contributed by atoms with Crippen LogP contribution in [-0.2, 0) is 0 Å². The maximum atomic E-state index is 11.7. The minimum absolute atomic E-state index is 0.0362. The Hall–Kier alpha value is -3.52. The Morgan fingerprint density at radius 1 is 0.963 bits per heavy atom. The number of hydrogen-bond donors (Lipinski definition) is 3. The van der Waals surface area contributed by atoms with Crippen LogP contribution in [0, 0.1) is 0 Å². The second-order valence-electron chi connectivity index (χ2n) is 5.61. The van der Waals surface area contributed by atoms with E-state index >= 15 is 0 Å². The second-order valence-corrected chi connectivity index (χ2v) is 6.47. The van der Waals surface area contributed by atoms with Gasteiger partial charge in [0.15, 0.2) is 10.8 Å². The van der Waals surface area contributed by atoms with Crippen LogP contribution in [0.3, 0.4) is 0 Å². The number of phenols is 2. The summed E-state index contributed by atoms with van der Waals surface area (Å²) in [5, 5.41) is 39.0. The normalized spacial score (nSPS) is 11.0. The number of thiophene rings is 1. The largest absolute Gasteiger partial charge is 0.507 e. The second kappa shape index (κ2) is 7.38. The molecule has 0 bridgehead atoms. The van der Waals surface area contributed by atoms with E-state index < -0.39 is 5.97 Å². The zero-order valence-electron chi connectivity index (χ0n) is 14.1. The molecule has 0 saturated heterocycles. The quantitative estimate of drug-likeness (QED) is 0.417. The lowest BCUT2D eigenvalue weighted by Crippen LogP contribution is -1.96. The number of rotatable bonds is 5. The zero-order valence-corrected chi connectivity index (χ0v) is 14.9. The summed E-state index contributed by atoms with van der Waals surface area (Å²) >= 11 is 1.07. The maximum absolute atomic E-state index is 11.7. The van der Waals surface area contributed by atoms with Crippen molar-refractivity contribution in [1.29, 1.82) is 0 Å². The fraction of sp³-hybridized carbons (Fsp3) is 0.0526. The van der Waals surface area contributed by atoms with Crippen molar-refractivity contribution in [3.63, 3.8) is 0 Å². The van der Waals surface area contributed by atoms with Crippen LogP contribution in [0.15, 0.2) is 58.1 Å². The smallest absolute Gasteiger partial charge is 0.339 e. The molecule has 3 N–H and O–H groups in total. The number of nitrogens with zero attached hydrogens (tertiary/aromatic N) is 2. The van der Waals surface area contributed by atoms with Gasteiger partial charge in [-0.15, -0.1) is 21.6 Å². The number of carboxylic acid groups (broad SMARTS) is 1. The molecule has 136 valence electrons. The van der Waals surface area contributed by atoms with Gasteiger partial charge < -0.3 is 15.3 Å². The Bertz CT molecular complexity index is 1070. The first kappa shape index (κ1) is 18.3. The number of carbonyl (C=O) groups is 2. The zero-order chi connectivity index (χ0) is 19.6. The predicted octanol–water partition coefficient (Wildman–Crippen LogP) is 5.14. The van der Waals surface area contributed by atoms with Crippen molar-refractivity contribution in [2.75, 3.05) is 0 Å². The van der Waals surface area contributed by atoms with Gasteiger partial charge in [-0.1, -0.05) is 18.2 Å². The van der Waals surface area contributed by atoms with E-state index in [1.54, 1.807) is 23.6 Å². The van der Waals surface area contributed by atoms with Crippen molar-refractivity contribution in [2.24, 2.45) is 10.2 Å². The van der Waals surface area contributed by atoms with E-state index in [2.05, 4.69) is 10.2 Å². The third kappa shape index (κ3) is 3.70. The lowest BCUT2D eigenvalue weighted by atomic mass is 10.0. The number of benzene rings is 2. The molecule has 0 aliphatic heterocycles. The highest BCUT2D eigenvalue weighted by Gasteiger charge is 2.21. The Kier molecular flexibility index (Phi) is 5.00. The number of ketones is 1. The van der Waals surface area contributed by atoms with E-state index in [4.69, 9.17) is 0 Å². The maximum Gasteiger partial charge on any atom is 0.339 e. The first-order valence-electron chi connectivity index (χ1n) is 7.77. The van der Waals surface area contributed by atoms with Gasteiger partial charge in [0.25, 0.3) is 0 Å². The van der Waals surface area contributed by atoms with Crippen LogP contribution in [-0.4, -0.2) is 27.1 Å². The third-order valence-corrected chi connectivity index (χ3v) is 4.66. The topological polar surface area (TPSA) is 120 Å². The van der Waals surface area contributed by atoms with Crippen LogP contribution < -0.4 is 0 Å². The van der Waals surface area contributed by atoms with Gasteiger partial charge in [-0.25, -0.2) is 4.79 Å². The SMILES string of the molecule is CC(=O)c1cc(N=Nc2scc(-c3ccccc3O)c2C(=O)O)ccc1O. The number of azo groups is 1. The van der Waals surface area contributed by atoms with Crippen molar-refractivity contribution in [3.8, 4) is 22.6 Å². The number of aromatic hydroxyl groups is 2. The molecule has 7 nitrogen and oxygen atoms in total. The van der Waals surface area contributed by atoms with E-state index in [-0.39, 0.29) is 33.4 Å². The number of aromatic carboxylic acids is 1. The van der Waals surface area contributed by atoms with Gasteiger partial charge in [-0.2, -0.15) is 0 Å². The van der Waals surface area contributed by atoms with Gasteiger partial charge in [-0.05, 0) is 31.2 Å². The highest BCUT2D eigenvalue weighted by atomic mass is 32.1. The number of hydrogen-bond acceptors (Lipinski definition) is 7. The molecule has 0 fully saturated rings. The predicted molar refractivity (Wildman–Crippen MR) is 101 cm³/mol. The molecule has 3 rings (SSSR count). The summed E-state index contributed by atoms with van der Waals surface area (Å²) in [7, 11) is 0. The molecule has 2 aromatic carbocycles. The lowest BCUT2D eigenvalue weighted by molar-refractivity contribution is 0.0699. The summed E-state index contributed by atoms with van der Waals surface area (Å²) < 4.78 is 0. The number of phenolic OH excluding ortho intramolecular Hbond substituents is 2. The fourth-order valence-electron chi connectivity index (χ4n) is 2.50. The molecule has 1 heterocycles. The van der Waals surface area contributed by atoms with Crippen molar-refractivity contribution >= 4 is 33.8 Å². The molecule has 0 radical (unpaired) electrons. The van der Waals surface area contributed by atoms with Crippen molar-refractivity contribution < 1.29 is 24.9 Å². The minimum atomic E-state index is -1.20. The molecule has 1 aromatic heterocycles. The van der Waals surface area contributed by atoms with Crippen LogP contribution in [0.25, 0.3) is 11.1 Å². The third-order valence-electron chi connectivity index (χ3n) is 3.80. The van der Waals surface area contributed by atoms with Crippen LogP contribution in [0.4, 0.5) is 10.7 Å². The summed E-state index contributed by atoms with van der Waals surface area (Å²) in [4.78, 5) is 23.2. The van der Waals surface area contributed by atoms with Crippen molar-refractivity contribution in [2.45, 2.75) is 6.92 Å². The Labute approximate surface area is 157 Å². The van der Waals surface area contributed by atoms with Crippen LogP contribution in [0.1, 0.15) is 27.6 Å². The first-order valence-corrected chi connectivity index (χ1v) is 8.65. The van der Waals surface area contributed by atoms with E-state index in [1.807, 2.05) is 0 Å². The average Bonchev–Trinajstić information content (AvgIpc) is 3.05. The summed E-state index contributed by atoms with van der Waals surface area (Å²) in [5.74, 6) is -1.72. The van der Waals surface area contributed by atoms with E-state index in [9.17, 15) is 24.9 Å². The summed E-state index contributed by atoms with van der Waals surface area (Å²) in [6.45, 7) is 1.32. The van der Waals surface area contributed by atoms with Crippen LogP contribution in [0.5, 0.6) is 11.5 Å². The molecule has 0 unspecified atom stereocenters. The van der Waals surface area contributed by atoms with Crippen molar-refractivity contribution in [3.05, 3.63) is 59.0 Å². The molecule has 0 amide bonds. The van der Waals surface area contributed by atoms with Crippen LogP contribution >= 0.6 is 11.3 Å². The molecular weight excluding hydrogens is 368 g/mol. The number of para-hydroxylation sites is 1. The van der Waals surface area contributed by atoms with Gasteiger partial charge in [0.2, 0.25) is 0 Å². The number of carbonyl (C=O) groups excluding carboxylic acids is 1. The molecule has 0 spiro atoms. The van der Waals surface area contributed by atoms with Crippen LogP contribution in [0.2, 0.25) is 0 Å². The standard InChI is InChI=1S/C19H14N2O5S/c1-10(22)13-8-11(6-7-16(13)24)20-21-18-17(19(25)26)14(9-27-18)12-4-2-3-5-15(12)23/h2-9,23-24H,1H3,(H,25,26). The molecule has 0 saturated carbocycles. The Morgan fingerprint density at radius 2 is 1.70 bits per heavy atom. The lowest BCUT2D eigenvalue weighted by Gasteiger charge is -2.04. The monoisotopic (exact) mass is 382 g/mol. The van der Waals surface area contributed by atoms with Gasteiger partial charge >= 0.3 is 5.97 Å². The molecule has 3 aromatic rings. The fourth-order valence-corrected chi connectivity index (χ4v) is 3.38. The highest BCUT2D eigenvalue weighted by Crippen LogP contribution is 2.41. The van der Waals surface area contributed by atoms with E-state index in [0.29, 0.717) is 16.8 Å². The van der Waals surface area contributed by atoms with Gasteiger partial charge in [0, 0.05) is 16.5 Å². The number of carboxylic acids is 1. The molecule has 0 aliphatic rings. The van der Waals surface area contributed by atoms with E-state index in [0.717, 1.165) is 11.3 Å². The molecule has 0 atom stereocenters. The summed E-state index contributed by atoms with van der Waals surface area (Å²) in [6, 6.07) is 10.6. The van der Waals surface area contributed by atoms with Gasteiger partial charge in [0.1, 0.15) is 17.1 Å². The molecular formula is C19H14N2O5S. The van der Waals surface area contributed by atoms with Crippen molar-refractivity contribution in [1.82, 2.24) is 0 Å². The molecule has 27 heavy (non-hydrogen) atoms. The van der Waals surface area contributed by atoms with Gasteiger partial charge in [0.05, 0.1) is 11.3 Å². The Morgan fingerprint density at radius 3 is 2.37 bits per heavy atom. The van der Waals surface area contributed by atoms with E-state index in [1.165, 1.54) is 31.2 Å². The Balaban J connectivity index is 2.03. The summed E-state index contributed by atoms with van der Waals surface area (Å²) in [5.41, 5.74) is 1.06. The molecule has 8 heteroatoms. The van der Waals surface area contributed by atoms with Gasteiger partial charge in [-0.3, -0.25) is 4.79 Å². The average molecular weight is 382 g/mol. The highest BCUT2D eigenvalue weighted by molar-refractivity contribution is 7.14. The number of Topliss-reactive ketones (excluding diaryl/α,β-unsaturated/α-hetero) is 1. The minimum Gasteiger partial charge on any atom is -0.507 e. The molecule has 0 aliphatic carbocycles. The first-order chi connectivity index (χ1) is 12.9. The summed E-state index contributed by atoms with van der Waals surface area (Å²) in [6.07, 6.45) is 0.